The molecule has 1 saturated heterocycles. The van der Waals surface area contributed by atoms with Gasteiger partial charge >= 0.3 is 0 Å². The smallest absolute Gasteiger partial charge is 0.142 e. The van der Waals surface area contributed by atoms with Crippen molar-refractivity contribution >= 4 is 0 Å². The summed E-state index contributed by atoms with van der Waals surface area (Å²) in [6.07, 6.45) is 4.70. The van der Waals surface area contributed by atoms with Crippen molar-refractivity contribution < 1.29 is 0 Å². The zero-order valence-electron chi connectivity index (χ0n) is 11.6. The maximum atomic E-state index is 4.31. The molecule has 1 aliphatic heterocycles. The molecular weight excluding hydrogens is 248 g/mol. The average Bonchev–Trinajstić information content (AvgIpc) is 2.50. The maximum absolute atomic E-state index is 4.31. The molecule has 1 unspecified atom stereocenters. The van der Waals surface area contributed by atoms with E-state index in [9.17, 15) is 0 Å². The van der Waals surface area contributed by atoms with E-state index in [2.05, 4.69) is 50.5 Å². The minimum absolute atomic E-state index is 0.509. The molecule has 1 N–H and O–H groups in total. The zero-order chi connectivity index (χ0) is 13.6. The summed E-state index contributed by atoms with van der Waals surface area (Å²) >= 11 is 0. The van der Waals surface area contributed by atoms with E-state index in [0.717, 1.165) is 38.4 Å². The molecule has 1 atom stereocenters. The standard InChI is InChI=1S/C16H20N4/c1-2-5-14(6-3-1)11-15-12-20(10-9-17-15)13-16-18-7-4-8-19-16/h1-8,15,17H,9-13H2. The highest BCUT2D eigenvalue weighted by molar-refractivity contribution is 5.16. The predicted octanol–water partition coefficient (Wildman–Crippen LogP) is 1.49. The molecule has 2 aromatic rings. The quantitative estimate of drug-likeness (QED) is 0.912. The zero-order valence-corrected chi connectivity index (χ0v) is 11.6. The van der Waals surface area contributed by atoms with Gasteiger partial charge in [0.15, 0.2) is 0 Å². The third kappa shape index (κ3) is 3.62. The topological polar surface area (TPSA) is 41.1 Å². The lowest BCUT2D eigenvalue weighted by Gasteiger charge is -2.33. The number of hydrogen-bond acceptors (Lipinski definition) is 4. The monoisotopic (exact) mass is 268 g/mol. The molecule has 0 bridgehead atoms. The minimum atomic E-state index is 0.509. The highest BCUT2D eigenvalue weighted by Gasteiger charge is 2.20. The van der Waals surface area contributed by atoms with Crippen LogP contribution in [0, 0.1) is 0 Å². The lowest BCUT2D eigenvalue weighted by Crippen LogP contribution is -2.51. The Morgan fingerprint density at radius 3 is 2.70 bits per heavy atom. The van der Waals surface area contributed by atoms with E-state index in [1.807, 2.05) is 18.5 Å². The highest BCUT2D eigenvalue weighted by atomic mass is 15.2. The number of nitrogens with one attached hydrogen (secondary N) is 1. The number of hydrogen-bond donors (Lipinski definition) is 1. The van der Waals surface area contributed by atoms with Gasteiger partial charge in [0.2, 0.25) is 0 Å². The van der Waals surface area contributed by atoms with Gasteiger partial charge in [0.1, 0.15) is 5.82 Å². The Bertz CT molecular complexity index is 467. The molecule has 1 aromatic carbocycles. The molecule has 0 radical (unpaired) electrons. The second kappa shape index (κ2) is 6.59. The Morgan fingerprint density at radius 1 is 1.10 bits per heavy atom. The van der Waals surface area contributed by atoms with Crippen molar-refractivity contribution in [2.75, 3.05) is 19.6 Å². The molecule has 0 spiro atoms. The molecule has 4 heteroatoms. The van der Waals surface area contributed by atoms with E-state index in [-0.39, 0.29) is 0 Å². The Morgan fingerprint density at radius 2 is 1.90 bits per heavy atom. The van der Waals surface area contributed by atoms with E-state index in [4.69, 9.17) is 0 Å². The van der Waals surface area contributed by atoms with Gasteiger partial charge in [0.25, 0.3) is 0 Å². The van der Waals surface area contributed by atoms with Crippen LogP contribution in [-0.4, -0.2) is 40.5 Å². The van der Waals surface area contributed by atoms with Crippen molar-refractivity contribution in [1.29, 1.82) is 0 Å². The van der Waals surface area contributed by atoms with Crippen LogP contribution in [0.4, 0.5) is 0 Å². The minimum Gasteiger partial charge on any atom is -0.311 e. The lowest BCUT2D eigenvalue weighted by molar-refractivity contribution is 0.188. The van der Waals surface area contributed by atoms with Crippen LogP contribution in [0.1, 0.15) is 11.4 Å². The van der Waals surface area contributed by atoms with E-state index < -0.39 is 0 Å². The fourth-order valence-electron chi connectivity index (χ4n) is 2.68. The van der Waals surface area contributed by atoms with E-state index in [0.29, 0.717) is 6.04 Å². The molecular formula is C16H20N4. The van der Waals surface area contributed by atoms with Gasteiger partial charge in [-0.25, -0.2) is 9.97 Å². The number of benzene rings is 1. The number of nitrogens with zero attached hydrogens (tertiary/aromatic N) is 3. The fraction of sp³-hybridized carbons (Fsp3) is 0.375. The van der Waals surface area contributed by atoms with Crippen molar-refractivity contribution in [3.05, 3.63) is 60.2 Å². The molecule has 4 nitrogen and oxygen atoms in total. The average molecular weight is 268 g/mol. The summed E-state index contributed by atoms with van der Waals surface area (Å²) in [4.78, 5) is 11.0. The summed E-state index contributed by atoms with van der Waals surface area (Å²) in [5.41, 5.74) is 1.39. The highest BCUT2D eigenvalue weighted by Crippen LogP contribution is 2.09. The van der Waals surface area contributed by atoms with Gasteiger partial charge in [-0.3, -0.25) is 4.90 Å². The number of aromatic nitrogens is 2. The third-order valence-corrected chi connectivity index (χ3v) is 3.65. The molecule has 0 aliphatic carbocycles. The third-order valence-electron chi connectivity index (χ3n) is 3.65. The van der Waals surface area contributed by atoms with Gasteiger partial charge in [-0.2, -0.15) is 0 Å². The molecule has 1 aromatic heterocycles. The lowest BCUT2D eigenvalue weighted by atomic mass is 10.0. The normalized spacial score (nSPS) is 19.9. The molecule has 104 valence electrons. The van der Waals surface area contributed by atoms with Gasteiger partial charge in [-0.1, -0.05) is 30.3 Å². The van der Waals surface area contributed by atoms with Crippen LogP contribution >= 0.6 is 0 Å². The Balaban J connectivity index is 1.57. The van der Waals surface area contributed by atoms with Crippen LogP contribution in [0.3, 0.4) is 0 Å². The fourth-order valence-corrected chi connectivity index (χ4v) is 2.68. The first-order chi connectivity index (χ1) is 9.90. The molecule has 0 amide bonds. The maximum Gasteiger partial charge on any atom is 0.142 e. The van der Waals surface area contributed by atoms with Gasteiger partial charge in [0.05, 0.1) is 6.54 Å². The van der Waals surface area contributed by atoms with Crippen LogP contribution in [0.15, 0.2) is 48.8 Å². The summed E-state index contributed by atoms with van der Waals surface area (Å²) < 4.78 is 0. The van der Waals surface area contributed by atoms with Crippen LogP contribution in [-0.2, 0) is 13.0 Å². The second-order valence-electron chi connectivity index (χ2n) is 5.24. The van der Waals surface area contributed by atoms with Crippen molar-refractivity contribution in [2.24, 2.45) is 0 Å². The Hall–Kier alpha value is -1.78. The first-order valence-electron chi connectivity index (χ1n) is 7.16. The van der Waals surface area contributed by atoms with Crippen molar-refractivity contribution in [1.82, 2.24) is 20.2 Å². The van der Waals surface area contributed by atoms with Gasteiger partial charge in [0, 0.05) is 38.1 Å². The molecule has 1 aliphatic rings. The van der Waals surface area contributed by atoms with Crippen LogP contribution in [0.25, 0.3) is 0 Å². The van der Waals surface area contributed by atoms with Gasteiger partial charge < -0.3 is 5.32 Å². The van der Waals surface area contributed by atoms with Crippen molar-refractivity contribution in [2.45, 2.75) is 19.0 Å². The summed E-state index contributed by atoms with van der Waals surface area (Å²) in [7, 11) is 0. The number of piperazine rings is 1. The van der Waals surface area contributed by atoms with E-state index in [1.54, 1.807) is 0 Å². The summed E-state index contributed by atoms with van der Waals surface area (Å²) in [5, 5.41) is 3.60. The predicted molar refractivity (Wildman–Crippen MR) is 79.2 cm³/mol. The molecule has 0 saturated carbocycles. The van der Waals surface area contributed by atoms with Crippen LogP contribution in [0.5, 0.6) is 0 Å². The summed E-state index contributed by atoms with van der Waals surface area (Å²) in [6, 6.07) is 13.0. The molecule has 2 heterocycles. The Kier molecular flexibility index (Phi) is 4.35. The molecule has 20 heavy (non-hydrogen) atoms. The number of rotatable bonds is 4. The summed E-state index contributed by atoms with van der Waals surface area (Å²) in [6.45, 7) is 3.98. The largest absolute Gasteiger partial charge is 0.311 e. The van der Waals surface area contributed by atoms with Crippen LogP contribution in [0.2, 0.25) is 0 Å². The van der Waals surface area contributed by atoms with Gasteiger partial charge in [-0.05, 0) is 18.1 Å². The SMILES string of the molecule is c1ccc(CC2CN(Cc3ncccn3)CCN2)cc1. The Labute approximate surface area is 119 Å². The second-order valence-corrected chi connectivity index (χ2v) is 5.24. The first-order valence-corrected chi connectivity index (χ1v) is 7.16. The van der Waals surface area contributed by atoms with Crippen molar-refractivity contribution in [3.8, 4) is 0 Å². The first kappa shape index (κ1) is 13.2. The molecule has 1 fully saturated rings. The van der Waals surface area contributed by atoms with Crippen LogP contribution < -0.4 is 5.32 Å². The summed E-state index contributed by atoms with van der Waals surface area (Å²) in [5.74, 6) is 0.910. The molecule has 3 rings (SSSR count). The van der Waals surface area contributed by atoms with E-state index in [1.165, 1.54) is 5.56 Å². The van der Waals surface area contributed by atoms with Crippen molar-refractivity contribution in [3.63, 3.8) is 0 Å². The van der Waals surface area contributed by atoms with E-state index >= 15 is 0 Å². The van der Waals surface area contributed by atoms with Gasteiger partial charge in [-0.15, -0.1) is 0 Å².